The molecule has 5 nitrogen and oxygen atoms in total. The number of aromatic nitrogens is 1. The molecule has 94 valence electrons. The Bertz CT molecular complexity index is 680. The highest BCUT2D eigenvalue weighted by molar-refractivity contribution is 6.34. The molecule has 1 amide bonds. The minimum atomic E-state index is -0.531. The number of carbonyl (C=O) groups excluding carboxylic acids is 1. The third-order valence-corrected chi connectivity index (χ3v) is 2.72. The maximum absolute atomic E-state index is 11.9. The molecule has 2 rings (SSSR count). The number of rotatable bonds is 2. The SMILES string of the molecule is N#Cc1ccc(Cl)c(NC(=O)c2ccncc2O)c1. The standard InChI is InChI=1S/C13H8ClN3O2/c14-10-2-1-8(6-15)5-11(10)17-13(19)9-3-4-16-7-12(9)18/h1-5,7,18H,(H,17,19). The van der Waals surface area contributed by atoms with Gasteiger partial charge in [-0.3, -0.25) is 9.78 Å². The van der Waals surface area contributed by atoms with E-state index in [1.54, 1.807) is 6.07 Å². The summed E-state index contributed by atoms with van der Waals surface area (Å²) >= 11 is 5.93. The molecule has 0 unspecified atom stereocenters. The van der Waals surface area contributed by atoms with Crippen molar-refractivity contribution in [2.45, 2.75) is 0 Å². The Morgan fingerprint density at radius 3 is 2.89 bits per heavy atom. The fourth-order valence-electron chi connectivity index (χ4n) is 1.46. The molecule has 2 N–H and O–H groups in total. The van der Waals surface area contributed by atoms with E-state index in [4.69, 9.17) is 16.9 Å². The molecule has 0 saturated heterocycles. The minimum absolute atomic E-state index is 0.0772. The second-order valence-corrected chi connectivity index (χ2v) is 4.06. The second kappa shape index (κ2) is 5.38. The van der Waals surface area contributed by atoms with E-state index < -0.39 is 5.91 Å². The Morgan fingerprint density at radius 2 is 2.21 bits per heavy atom. The van der Waals surface area contributed by atoms with Gasteiger partial charge in [0.05, 0.1) is 34.1 Å². The first kappa shape index (κ1) is 12.9. The van der Waals surface area contributed by atoms with Crippen molar-refractivity contribution in [1.29, 1.82) is 5.26 Å². The van der Waals surface area contributed by atoms with Crippen molar-refractivity contribution in [2.24, 2.45) is 0 Å². The summed E-state index contributed by atoms with van der Waals surface area (Å²) in [5.74, 6) is -0.760. The van der Waals surface area contributed by atoms with Crippen LogP contribution in [0.15, 0.2) is 36.7 Å². The van der Waals surface area contributed by atoms with E-state index in [-0.39, 0.29) is 11.3 Å². The third-order valence-electron chi connectivity index (χ3n) is 2.39. The number of anilines is 1. The first-order valence-electron chi connectivity index (χ1n) is 5.26. The van der Waals surface area contributed by atoms with Crippen LogP contribution in [0, 0.1) is 11.3 Å². The maximum Gasteiger partial charge on any atom is 0.259 e. The van der Waals surface area contributed by atoms with Gasteiger partial charge in [-0.25, -0.2) is 0 Å². The fraction of sp³-hybridized carbons (Fsp3) is 0. The predicted molar refractivity (Wildman–Crippen MR) is 70.0 cm³/mol. The summed E-state index contributed by atoms with van der Waals surface area (Å²) in [6.07, 6.45) is 2.56. The van der Waals surface area contributed by atoms with E-state index in [2.05, 4.69) is 10.3 Å². The van der Waals surface area contributed by atoms with Crippen LogP contribution in [0.1, 0.15) is 15.9 Å². The number of pyridine rings is 1. The summed E-state index contributed by atoms with van der Waals surface area (Å²) in [4.78, 5) is 15.6. The molecule has 0 fully saturated rings. The van der Waals surface area contributed by atoms with Crippen LogP contribution in [0.2, 0.25) is 5.02 Å². The molecule has 0 spiro atoms. The molecule has 0 radical (unpaired) electrons. The molecule has 0 saturated carbocycles. The van der Waals surface area contributed by atoms with Crippen LogP contribution in [0.4, 0.5) is 5.69 Å². The van der Waals surface area contributed by atoms with Gasteiger partial charge in [-0.1, -0.05) is 11.6 Å². The van der Waals surface area contributed by atoms with Crippen LogP contribution in [0.25, 0.3) is 0 Å². The van der Waals surface area contributed by atoms with Crippen molar-refractivity contribution in [1.82, 2.24) is 4.98 Å². The van der Waals surface area contributed by atoms with E-state index in [0.717, 1.165) is 0 Å². The molecule has 0 atom stereocenters. The van der Waals surface area contributed by atoms with Crippen molar-refractivity contribution in [2.75, 3.05) is 5.32 Å². The maximum atomic E-state index is 11.9. The number of benzene rings is 1. The second-order valence-electron chi connectivity index (χ2n) is 3.65. The molecule has 2 aromatic rings. The van der Waals surface area contributed by atoms with Crippen LogP contribution in [0.3, 0.4) is 0 Å². The smallest absolute Gasteiger partial charge is 0.259 e. The van der Waals surface area contributed by atoms with Crippen molar-refractivity contribution >= 4 is 23.2 Å². The fourth-order valence-corrected chi connectivity index (χ4v) is 1.62. The van der Waals surface area contributed by atoms with Crippen molar-refractivity contribution in [3.63, 3.8) is 0 Å². The molecule has 0 aliphatic rings. The molecular weight excluding hydrogens is 266 g/mol. The Hall–Kier alpha value is -2.58. The van der Waals surface area contributed by atoms with Crippen LogP contribution >= 0.6 is 11.6 Å². The zero-order chi connectivity index (χ0) is 13.8. The van der Waals surface area contributed by atoms with Gasteiger partial charge < -0.3 is 10.4 Å². The number of hydrogen-bond acceptors (Lipinski definition) is 4. The number of halogens is 1. The topological polar surface area (TPSA) is 86.0 Å². The number of nitrogens with zero attached hydrogens (tertiary/aromatic N) is 2. The normalized spacial score (nSPS) is 9.68. The predicted octanol–water partition coefficient (Wildman–Crippen LogP) is 2.56. The van der Waals surface area contributed by atoms with Gasteiger partial charge in [0, 0.05) is 6.20 Å². The summed E-state index contributed by atoms with van der Waals surface area (Å²) in [6.45, 7) is 0. The molecule has 0 bridgehead atoms. The number of carbonyl (C=O) groups is 1. The van der Waals surface area contributed by atoms with E-state index in [0.29, 0.717) is 16.3 Å². The van der Waals surface area contributed by atoms with E-state index >= 15 is 0 Å². The molecular formula is C13H8ClN3O2. The summed E-state index contributed by atoms with van der Waals surface area (Å²) in [5, 5.41) is 21.2. The van der Waals surface area contributed by atoms with Gasteiger partial charge in [0.1, 0.15) is 5.75 Å². The highest BCUT2D eigenvalue weighted by Gasteiger charge is 2.12. The average molecular weight is 274 g/mol. The van der Waals surface area contributed by atoms with Gasteiger partial charge in [-0.05, 0) is 24.3 Å². The Labute approximate surface area is 114 Å². The number of aromatic hydroxyl groups is 1. The van der Waals surface area contributed by atoms with Crippen LogP contribution in [-0.4, -0.2) is 16.0 Å². The zero-order valence-corrected chi connectivity index (χ0v) is 10.3. The number of hydrogen-bond donors (Lipinski definition) is 2. The van der Waals surface area contributed by atoms with Crippen LogP contribution in [0.5, 0.6) is 5.75 Å². The molecule has 1 aromatic heterocycles. The lowest BCUT2D eigenvalue weighted by Gasteiger charge is -2.08. The molecule has 0 aliphatic carbocycles. The largest absolute Gasteiger partial charge is 0.505 e. The van der Waals surface area contributed by atoms with Crippen molar-refractivity contribution < 1.29 is 9.90 Å². The summed E-state index contributed by atoms with van der Waals surface area (Å²) < 4.78 is 0. The van der Waals surface area contributed by atoms with E-state index in [9.17, 15) is 9.90 Å². The summed E-state index contributed by atoms with van der Waals surface area (Å²) in [7, 11) is 0. The highest BCUT2D eigenvalue weighted by Crippen LogP contribution is 2.24. The van der Waals surface area contributed by atoms with Gasteiger partial charge in [-0.15, -0.1) is 0 Å². The first-order chi connectivity index (χ1) is 9.11. The summed E-state index contributed by atoms with van der Waals surface area (Å²) in [6, 6.07) is 7.85. The Balaban J connectivity index is 2.30. The molecule has 19 heavy (non-hydrogen) atoms. The average Bonchev–Trinajstić information content (AvgIpc) is 2.41. The minimum Gasteiger partial charge on any atom is -0.505 e. The van der Waals surface area contributed by atoms with Gasteiger partial charge in [0.2, 0.25) is 0 Å². The van der Waals surface area contributed by atoms with Crippen molar-refractivity contribution in [3.05, 3.63) is 52.8 Å². The lowest BCUT2D eigenvalue weighted by atomic mass is 10.2. The van der Waals surface area contributed by atoms with Gasteiger partial charge >= 0.3 is 0 Å². The Morgan fingerprint density at radius 1 is 1.42 bits per heavy atom. The number of nitriles is 1. The van der Waals surface area contributed by atoms with Crippen LogP contribution in [-0.2, 0) is 0 Å². The number of amides is 1. The van der Waals surface area contributed by atoms with Gasteiger partial charge in [-0.2, -0.15) is 5.26 Å². The lowest BCUT2D eigenvalue weighted by Crippen LogP contribution is -2.12. The highest BCUT2D eigenvalue weighted by atomic mass is 35.5. The van der Waals surface area contributed by atoms with Crippen molar-refractivity contribution in [3.8, 4) is 11.8 Å². The third kappa shape index (κ3) is 2.81. The van der Waals surface area contributed by atoms with E-state index in [1.807, 2.05) is 6.07 Å². The van der Waals surface area contributed by atoms with Gasteiger partial charge in [0.15, 0.2) is 0 Å². The Kier molecular flexibility index (Phi) is 3.64. The number of nitrogens with one attached hydrogen (secondary N) is 1. The molecule has 1 heterocycles. The molecule has 6 heteroatoms. The molecule has 0 aliphatic heterocycles. The first-order valence-corrected chi connectivity index (χ1v) is 5.63. The van der Waals surface area contributed by atoms with Gasteiger partial charge in [0.25, 0.3) is 5.91 Å². The quantitative estimate of drug-likeness (QED) is 0.880. The zero-order valence-electron chi connectivity index (χ0n) is 9.59. The molecule has 1 aromatic carbocycles. The monoisotopic (exact) mass is 273 g/mol. The lowest BCUT2D eigenvalue weighted by molar-refractivity contribution is 0.102. The van der Waals surface area contributed by atoms with Crippen LogP contribution < -0.4 is 5.32 Å². The van der Waals surface area contributed by atoms with E-state index in [1.165, 1.54) is 30.6 Å². The summed E-state index contributed by atoms with van der Waals surface area (Å²) in [5.41, 5.74) is 0.758.